The van der Waals surface area contributed by atoms with Gasteiger partial charge >= 0.3 is 5.97 Å². The molecule has 1 aliphatic heterocycles. The molecular formula is C20H25Cl2NO4. The standard InChI is InChI=1S/C20H25Cl2NO4/c1-19(2,3)13-6-8-20(9-7-13)23(16(11-27-20)18(25)26)17(24)12-4-5-14(21)15(22)10-12/h4-5,10,13,16H,6-9,11H2,1-3H3,(H,25,26)/t13?,16-,20?/m0/s1. The molecule has 27 heavy (non-hydrogen) atoms. The zero-order valence-electron chi connectivity index (χ0n) is 15.8. The minimum Gasteiger partial charge on any atom is -0.480 e. The molecule has 2 fully saturated rings. The first-order valence-corrected chi connectivity index (χ1v) is 9.96. The van der Waals surface area contributed by atoms with E-state index < -0.39 is 17.7 Å². The van der Waals surface area contributed by atoms with Crippen molar-refractivity contribution in [3.8, 4) is 0 Å². The molecule has 5 nitrogen and oxygen atoms in total. The average molecular weight is 414 g/mol. The smallest absolute Gasteiger partial charge is 0.328 e. The predicted octanol–water partition coefficient (Wildman–Crippen LogP) is 4.85. The Labute approximate surface area is 169 Å². The van der Waals surface area contributed by atoms with Crippen LogP contribution in [0.5, 0.6) is 0 Å². The Morgan fingerprint density at radius 3 is 2.33 bits per heavy atom. The van der Waals surface area contributed by atoms with Gasteiger partial charge in [-0.05, 0) is 55.2 Å². The van der Waals surface area contributed by atoms with Crippen LogP contribution in [0.2, 0.25) is 10.0 Å². The van der Waals surface area contributed by atoms with E-state index in [9.17, 15) is 14.7 Å². The minimum atomic E-state index is -1.06. The zero-order chi connectivity index (χ0) is 20.0. The molecule has 3 rings (SSSR count). The van der Waals surface area contributed by atoms with E-state index in [1.807, 2.05) is 0 Å². The van der Waals surface area contributed by atoms with Crippen molar-refractivity contribution in [1.29, 1.82) is 0 Å². The van der Waals surface area contributed by atoms with Gasteiger partial charge in [-0.15, -0.1) is 0 Å². The zero-order valence-corrected chi connectivity index (χ0v) is 17.3. The van der Waals surface area contributed by atoms with Crippen LogP contribution in [0, 0.1) is 11.3 Å². The molecule has 1 N–H and O–H groups in total. The molecule has 0 bridgehead atoms. The number of carboxylic acid groups (broad SMARTS) is 1. The summed E-state index contributed by atoms with van der Waals surface area (Å²) in [5.41, 5.74) is -0.377. The molecule has 148 valence electrons. The Hall–Kier alpha value is -1.30. The van der Waals surface area contributed by atoms with Gasteiger partial charge in [-0.3, -0.25) is 9.69 Å². The van der Waals surface area contributed by atoms with Crippen molar-refractivity contribution in [3.05, 3.63) is 33.8 Å². The lowest BCUT2D eigenvalue weighted by Crippen LogP contribution is -2.55. The van der Waals surface area contributed by atoms with Crippen LogP contribution in [0.15, 0.2) is 18.2 Å². The minimum absolute atomic E-state index is 0.00256. The van der Waals surface area contributed by atoms with E-state index in [1.54, 1.807) is 12.1 Å². The maximum Gasteiger partial charge on any atom is 0.328 e. The van der Waals surface area contributed by atoms with Gasteiger partial charge in [-0.2, -0.15) is 0 Å². The quantitative estimate of drug-likeness (QED) is 0.751. The normalized spacial score (nSPS) is 28.6. The highest BCUT2D eigenvalue weighted by Gasteiger charge is 2.54. The number of hydrogen-bond acceptors (Lipinski definition) is 3. The second kappa shape index (κ2) is 7.26. The first-order chi connectivity index (χ1) is 12.5. The number of carbonyl (C=O) groups is 2. The number of ether oxygens (including phenoxy) is 1. The molecule has 1 saturated heterocycles. The molecule has 1 saturated carbocycles. The van der Waals surface area contributed by atoms with Crippen LogP contribution in [0.1, 0.15) is 56.8 Å². The van der Waals surface area contributed by atoms with Crippen molar-refractivity contribution in [3.63, 3.8) is 0 Å². The van der Waals surface area contributed by atoms with Gasteiger partial charge < -0.3 is 9.84 Å². The second-order valence-electron chi connectivity index (χ2n) is 8.56. The van der Waals surface area contributed by atoms with E-state index in [0.29, 0.717) is 29.3 Å². The highest BCUT2D eigenvalue weighted by molar-refractivity contribution is 6.42. The molecule has 1 atom stereocenters. The summed E-state index contributed by atoms with van der Waals surface area (Å²) in [7, 11) is 0. The monoisotopic (exact) mass is 413 g/mol. The highest BCUT2D eigenvalue weighted by Crippen LogP contribution is 2.47. The third kappa shape index (κ3) is 3.82. The molecule has 0 radical (unpaired) electrons. The summed E-state index contributed by atoms with van der Waals surface area (Å²) >= 11 is 12.0. The first kappa shape index (κ1) is 20.4. The molecule has 0 unspecified atom stereocenters. The van der Waals surface area contributed by atoms with E-state index in [-0.39, 0.29) is 23.0 Å². The lowest BCUT2D eigenvalue weighted by Gasteiger charge is -2.46. The lowest BCUT2D eigenvalue weighted by molar-refractivity contribution is -0.144. The fourth-order valence-electron chi connectivity index (χ4n) is 4.26. The summed E-state index contributed by atoms with van der Waals surface area (Å²) in [4.78, 5) is 26.5. The van der Waals surface area contributed by atoms with Gasteiger partial charge in [-0.25, -0.2) is 4.79 Å². The van der Waals surface area contributed by atoms with Gasteiger partial charge in [0.2, 0.25) is 0 Å². The highest BCUT2D eigenvalue weighted by atomic mass is 35.5. The average Bonchev–Trinajstić information content (AvgIpc) is 2.95. The number of rotatable bonds is 2. The number of aliphatic carboxylic acids is 1. The Morgan fingerprint density at radius 2 is 1.81 bits per heavy atom. The van der Waals surface area contributed by atoms with Gasteiger partial charge in [-0.1, -0.05) is 44.0 Å². The van der Waals surface area contributed by atoms with Gasteiger partial charge in [0, 0.05) is 5.56 Å². The number of hydrogen-bond donors (Lipinski definition) is 1. The van der Waals surface area contributed by atoms with E-state index in [1.165, 1.54) is 11.0 Å². The van der Waals surface area contributed by atoms with E-state index in [0.717, 1.165) is 12.8 Å². The Balaban J connectivity index is 1.91. The number of carbonyl (C=O) groups excluding carboxylic acids is 1. The third-order valence-electron chi connectivity index (χ3n) is 5.92. The Morgan fingerprint density at radius 1 is 1.19 bits per heavy atom. The maximum atomic E-state index is 13.3. The second-order valence-corrected chi connectivity index (χ2v) is 9.37. The molecule has 1 heterocycles. The molecule has 1 spiro atoms. The molecule has 1 aromatic rings. The summed E-state index contributed by atoms with van der Waals surface area (Å²) in [6.07, 6.45) is 3.04. The molecule has 2 aliphatic rings. The van der Waals surface area contributed by atoms with E-state index in [2.05, 4.69) is 20.8 Å². The Bertz CT molecular complexity index is 751. The number of amides is 1. The SMILES string of the molecule is CC(C)(C)C1CCC2(CC1)OC[C@@H](C(=O)O)N2C(=O)c1ccc(Cl)c(Cl)c1. The number of nitrogens with zero attached hydrogens (tertiary/aromatic N) is 1. The molecule has 1 amide bonds. The molecule has 1 aliphatic carbocycles. The van der Waals surface area contributed by atoms with Crippen LogP contribution >= 0.6 is 23.2 Å². The van der Waals surface area contributed by atoms with Crippen LogP contribution in [0.4, 0.5) is 0 Å². The largest absolute Gasteiger partial charge is 0.480 e. The van der Waals surface area contributed by atoms with Gasteiger partial charge in [0.15, 0.2) is 6.04 Å². The molecule has 1 aromatic carbocycles. The van der Waals surface area contributed by atoms with E-state index >= 15 is 0 Å². The van der Waals surface area contributed by atoms with Crippen molar-refractivity contribution in [2.45, 2.75) is 58.2 Å². The van der Waals surface area contributed by atoms with Gasteiger partial charge in [0.05, 0.1) is 16.7 Å². The fraction of sp³-hybridized carbons (Fsp3) is 0.600. The third-order valence-corrected chi connectivity index (χ3v) is 6.66. The van der Waals surface area contributed by atoms with Crippen molar-refractivity contribution < 1.29 is 19.4 Å². The molecular weight excluding hydrogens is 389 g/mol. The number of benzene rings is 1. The van der Waals surface area contributed by atoms with Crippen molar-refractivity contribution >= 4 is 35.1 Å². The van der Waals surface area contributed by atoms with Crippen LogP contribution in [0.25, 0.3) is 0 Å². The topological polar surface area (TPSA) is 66.8 Å². The number of halogens is 2. The summed E-state index contributed by atoms with van der Waals surface area (Å²) in [5, 5.41) is 10.3. The summed E-state index contributed by atoms with van der Waals surface area (Å²) in [6.45, 7) is 6.64. The Kier molecular flexibility index (Phi) is 5.50. The fourth-order valence-corrected chi connectivity index (χ4v) is 4.56. The lowest BCUT2D eigenvalue weighted by atomic mass is 9.70. The van der Waals surface area contributed by atoms with Crippen LogP contribution in [0.3, 0.4) is 0 Å². The summed E-state index contributed by atoms with van der Waals surface area (Å²) in [5.74, 6) is -0.927. The first-order valence-electron chi connectivity index (χ1n) is 9.21. The van der Waals surface area contributed by atoms with E-state index in [4.69, 9.17) is 27.9 Å². The number of carboxylic acids is 1. The van der Waals surface area contributed by atoms with Crippen molar-refractivity contribution in [1.82, 2.24) is 4.90 Å². The van der Waals surface area contributed by atoms with Gasteiger partial charge in [0.1, 0.15) is 5.72 Å². The molecule has 7 heteroatoms. The maximum absolute atomic E-state index is 13.3. The van der Waals surface area contributed by atoms with Crippen molar-refractivity contribution in [2.24, 2.45) is 11.3 Å². The summed E-state index contributed by atoms with van der Waals surface area (Å²) in [6, 6.07) is 3.60. The molecule has 0 aromatic heterocycles. The van der Waals surface area contributed by atoms with Crippen molar-refractivity contribution in [2.75, 3.05) is 6.61 Å². The predicted molar refractivity (Wildman–Crippen MR) is 104 cm³/mol. The van der Waals surface area contributed by atoms with Crippen LogP contribution in [-0.2, 0) is 9.53 Å². The summed E-state index contributed by atoms with van der Waals surface area (Å²) < 4.78 is 5.99. The van der Waals surface area contributed by atoms with Gasteiger partial charge in [0.25, 0.3) is 5.91 Å². The van der Waals surface area contributed by atoms with Crippen LogP contribution in [-0.4, -0.2) is 40.3 Å². The van der Waals surface area contributed by atoms with Crippen LogP contribution < -0.4 is 0 Å².